The van der Waals surface area contributed by atoms with Crippen molar-refractivity contribution < 1.29 is 94.6 Å². The van der Waals surface area contributed by atoms with Crippen LogP contribution in [0.3, 0.4) is 0 Å². The van der Waals surface area contributed by atoms with E-state index in [-0.39, 0.29) is 70.6 Å². The SMILES string of the molecule is CCCCCCCCCCCCCCCCCCOc1ccccc1N=Nc1c(NC(=O)c2cc(S(=O)(=O)O)cc(S(=O)(=O)O)c2)[nH]n(-c2ccccc2)c1=O.[Na+].[Na+]. The number of amides is 1. The largest absolute Gasteiger partial charge is 1.00 e. The maximum Gasteiger partial charge on any atom is 1.00 e. The first-order valence-corrected chi connectivity index (χ1v) is 22.2. The summed E-state index contributed by atoms with van der Waals surface area (Å²) in [6.07, 6.45) is 20.3. The number of azo groups is 1. The van der Waals surface area contributed by atoms with Crippen molar-refractivity contribution in [2.45, 2.75) is 119 Å². The molecule has 0 fully saturated rings. The van der Waals surface area contributed by atoms with E-state index < -0.39 is 47.1 Å². The van der Waals surface area contributed by atoms with Crippen molar-refractivity contribution in [3.63, 3.8) is 0 Å². The van der Waals surface area contributed by atoms with Gasteiger partial charge in [-0.3, -0.25) is 23.8 Å². The molecule has 0 aliphatic heterocycles. The van der Waals surface area contributed by atoms with Gasteiger partial charge in [0.15, 0.2) is 11.5 Å². The summed E-state index contributed by atoms with van der Waals surface area (Å²) < 4.78 is 73.5. The van der Waals surface area contributed by atoms with Crippen LogP contribution in [-0.4, -0.2) is 48.2 Å². The topological polar surface area (TPSA) is 210 Å². The van der Waals surface area contributed by atoms with Gasteiger partial charge in [0.1, 0.15) is 11.4 Å². The van der Waals surface area contributed by atoms with Gasteiger partial charge in [-0.05, 0) is 48.9 Å². The van der Waals surface area contributed by atoms with Crippen LogP contribution in [0, 0.1) is 0 Å². The predicted octanol–water partition coefficient (Wildman–Crippen LogP) is 3.98. The van der Waals surface area contributed by atoms with Gasteiger partial charge in [0, 0.05) is 5.56 Å². The fourth-order valence-electron chi connectivity index (χ4n) is 6.15. The summed E-state index contributed by atoms with van der Waals surface area (Å²) in [6, 6.07) is 17.2. The second-order valence-corrected chi connectivity index (χ2v) is 16.6. The quantitative estimate of drug-likeness (QED) is 0.0329. The number of carbonyl (C=O) groups excluding carboxylic acids is 1. The summed E-state index contributed by atoms with van der Waals surface area (Å²) in [7, 11) is -9.98. The van der Waals surface area contributed by atoms with E-state index in [2.05, 4.69) is 27.6 Å². The molecule has 0 spiro atoms. The number of aromatic nitrogens is 2. The number of carbonyl (C=O) groups is 1. The third-order valence-electron chi connectivity index (χ3n) is 9.24. The second-order valence-electron chi connectivity index (χ2n) is 13.7. The van der Waals surface area contributed by atoms with Crippen LogP contribution in [0.25, 0.3) is 5.69 Å². The van der Waals surface area contributed by atoms with E-state index in [1.54, 1.807) is 54.6 Å². The van der Waals surface area contributed by atoms with Crippen LogP contribution >= 0.6 is 0 Å². The molecule has 1 aromatic heterocycles. The Morgan fingerprint density at radius 3 is 1.69 bits per heavy atom. The van der Waals surface area contributed by atoms with Crippen LogP contribution in [0.15, 0.2) is 97.6 Å². The molecule has 4 N–H and O–H groups in total. The molecule has 0 radical (unpaired) electrons. The summed E-state index contributed by atoms with van der Waals surface area (Å²) in [4.78, 5) is 25.1. The smallest absolute Gasteiger partial charge is 0.491 e. The van der Waals surface area contributed by atoms with Gasteiger partial charge in [-0.2, -0.15) is 16.8 Å². The van der Waals surface area contributed by atoms with Crippen molar-refractivity contribution in [2.75, 3.05) is 11.9 Å². The van der Waals surface area contributed by atoms with Gasteiger partial charge in [0.25, 0.3) is 26.1 Å². The molecule has 4 rings (SSSR count). The number of para-hydroxylation sites is 2. The fraction of sp³-hybridized carbons (Fsp3) is 0.450. The Morgan fingerprint density at radius 2 is 1.17 bits per heavy atom. The Balaban J connectivity index is 0.00000580. The minimum atomic E-state index is -4.99. The van der Waals surface area contributed by atoms with Crippen LogP contribution < -0.4 is 74.7 Å². The summed E-state index contributed by atoms with van der Waals surface area (Å²) >= 11 is 0. The van der Waals surface area contributed by atoms with E-state index in [0.29, 0.717) is 41.9 Å². The van der Waals surface area contributed by atoms with Gasteiger partial charge >= 0.3 is 64.7 Å². The number of nitrogens with zero attached hydrogens (tertiary/aromatic N) is 3. The Kier molecular flexibility index (Phi) is 23.6. The summed E-state index contributed by atoms with van der Waals surface area (Å²) in [5.41, 5.74) is -0.898. The maximum absolute atomic E-state index is 13.6. The van der Waals surface area contributed by atoms with Gasteiger partial charge in [-0.1, -0.05) is 134 Å². The molecule has 0 atom stereocenters. The Hall–Kier alpha value is -2.64. The number of nitrogens with one attached hydrogen (secondary N) is 2. The zero-order valence-corrected chi connectivity index (χ0v) is 39.5. The normalized spacial score (nSPS) is 11.6. The number of anilines is 1. The molecule has 0 aliphatic carbocycles. The molecule has 3 aromatic carbocycles. The van der Waals surface area contributed by atoms with Gasteiger partial charge in [-0.25, -0.2) is 4.68 Å². The third kappa shape index (κ3) is 17.1. The number of H-pyrrole nitrogens is 1. The van der Waals surface area contributed by atoms with E-state index in [4.69, 9.17) is 4.74 Å². The number of benzene rings is 3. The van der Waals surface area contributed by atoms with Gasteiger partial charge in [-0.15, -0.1) is 10.2 Å². The van der Waals surface area contributed by atoms with Crippen molar-refractivity contribution >= 4 is 43.3 Å². The molecule has 4 aromatic rings. The van der Waals surface area contributed by atoms with E-state index in [1.165, 1.54) is 83.5 Å². The molecule has 0 saturated carbocycles. The number of ether oxygens (including phenoxy) is 1. The standard InChI is InChI=1S/C40H53N5O9S2.2Na/c1-2-3-4-5-6-7-8-9-10-11-12-13-14-15-16-22-27-54-36-26-21-20-25-35(36)42-43-37-38(44-45(40(37)47)32-23-18-17-19-24-32)41-39(46)31-28-33(55(48,49)50)30-34(29-31)56(51,52)53;;/h17-21,23-26,28-30,44H,2-16,22,27H2,1H3,(H,41,46)(H,48,49,50)(H,51,52,53);;/q;2*+1. The first kappa shape index (κ1) is 51.5. The minimum Gasteiger partial charge on any atom is -0.491 e. The number of unbranched alkanes of at least 4 members (excludes halogenated alkanes) is 15. The molecular weight excluding hydrogens is 805 g/mol. The summed E-state index contributed by atoms with van der Waals surface area (Å²) in [5, 5.41) is 13.6. The zero-order valence-electron chi connectivity index (χ0n) is 33.9. The molecule has 0 saturated heterocycles. The van der Waals surface area contributed by atoms with Gasteiger partial charge in [0.05, 0.1) is 22.1 Å². The zero-order chi connectivity index (χ0) is 40.4. The fourth-order valence-corrected chi connectivity index (χ4v) is 7.33. The molecule has 0 unspecified atom stereocenters. The van der Waals surface area contributed by atoms with Crippen molar-refractivity contribution in [1.29, 1.82) is 0 Å². The van der Waals surface area contributed by atoms with E-state index in [0.717, 1.165) is 23.9 Å². The maximum atomic E-state index is 13.6. The van der Waals surface area contributed by atoms with E-state index in [9.17, 15) is 35.5 Å². The average Bonchev–Trinajstić information content (AvgIpc) is 3.48. The molecule has 58 heavy (non-hydrogen) atoms. The van der Waals surface area contributed by atoms with Gasteiger partial charge in [0.2, 0.25) is 0 Å². The number of hydrogen-bond donors (Lipinski definition) is 4. The predicted molar refractivity (Wildman–Crippen MR) is 216 cm³/mol. The number of aromatic amines is 1. The molecule has 1 heterocycles. The number of rotatable bonds is 25. The number of hydrogen-bond acceptors (Lipinski definition) is 9. The molecule has 304 valence electrons. The third-order valence-corrected chi connectivity index (χ3v) is 10.9. The molecule has 14 nitrogen and oxygen atoms in total. The van der Waals surface area contributed by atoms with Crippen LogP contribution in [-0.2, 0) is 20.2 Å². The van der Waals surface area contributed by atoms with E-state index >= 15 is 0 Å². The van der Waals surface area contributed by atoms with Crippen molar-refractivity contribution in [3.8, 4) is 11.4 Å². The van der Waals surface area contributed by atoms with Crippen LogP contribution in [0.2, 0.25) is 0 Å². The van der Waals surface area contributed by atoms with Crippen molar-refractivity contribution in [3.05, 3.63) is 88.7 Å². The monoisotopic (exact) mass is 857 g/mol. The molecular formula is C40H53N5Na2O9S2+2. The van der Waals surface area contributed by atoms with Crippen LogP contribution in [0.5, 0.6) is 5.75 Å². The van der Waals surface area contributed by atoms with E-state index in [1.807, 2.05) is 0 Å². The molecule has 0 bridgehead atoms. The minimum absolute atomic E-state index is 0. The van der Waals surface area contributed by atoms with Crippen LogP contribution in [0.1, 0.15) is 120 Å². The van der Waals surface area contributed by atoms with Crippen molar-refractivity contribution in [1.82, 2.24) is 9.78 Å². The summed E-state index contributed by atoms with van der Waals surface area (Å²) in [6.45, 7) is 2.72. The van der Waals surface area contributed by atoms with Gasteiger partial charge < -0.3 is 10.1 Å². The Labute approximate surface area is 386 Å². The molecule has 1 amide bonds. The summed E-state index contributed by atoms with van der Waals surface area (Å²) in [5.74, 6) is -0.910. The van der Waals surface area contributed by atoms with Crippen molar-refractivity contribution in [2.24, 2.45) is 10.2 Å². The Morgan fingerprint density at radius 1 is 0.690 bits per heavy atom. The first-order chi connectivity index (χ1) is 26.9. The molecule has 0 aliphatic rings. The average molecular weight is 858 g/mol. The Bertz CT molecular complexity index is 2130. The second kappa shape index (κ2) is 26.5. The molecule has 18 heteroatoms. The van der Waals surface area contributed by atoms with Crippen LogP contribution in [0.4, 0.5) is 17.2 Å². The first-order valence-electron chi connectivity index (χ1n) is 19.3.